The molecule has 1 aliphatic heterocycles. The molecule has 0 atom stereocenters. The Bertz CT molecular complexity index is 1170. The summed E-state index contributed by atoms with van der Waals surface area (Å²) in [4.78, 5) is 19.8. The van der Waals surface area contributed by atoms with E-state index in [9.17, 15) is 18.0 Å². The third-order valence-electron chi connectivity index (χ3n) is 5.86. The maximum Gasteiger partial charge on any atom is 0.435 e. The number of fused-ring (bicyclic) bond motifs is 3. The maximum atomic E-state index is 13.8. The van der Waals surface area contributed by atoms with Crippen molar-refractivity contribution in [1.82, 2.24) is 19.4 Å². The lowest BCUT2D eigenvalue weighted by Crippen LogP contribution is -2.50. The summed E-state index contributed by atoms with van der Waals surface area (Å²) in [6.45, 7) is 10.7. The second kappa shape index (κ2) is 8.52. The summed E-state index contributed by atoms with van der Waals surface area (Å²) in [6.07, 6.45) is -3.65. The minimum absolute atomic E-state index is 0.123. The van der Waals surface area contributed by atoms with Gasteiger partial charge in [-0.15, -0.1) is 0 Å². The maximum absolute atomic E-state index is 13.8. The highest BCUT2D eigenvalue weighted by molar-refractivity contribution is 6.09. The molecule has 178 valence electrons. The Morgan fingerprint density at radius 2 is 1.73 bits per heavy atom. The number of carbonyl (C=O) groups excluding carboxylic acids is 1. The van der Waals surface area contributed by atoms with Crippen LogP contribution in [0.15, 0.2) is 30.5 Å². The fourth-order valence-corrected chi connectivity index (χ4v) is 4.32. The van der Waals surface area contributed by atoms with Crippen molar-refractivity contribution in [3.8, 4) is 0 Å². The zero-order valence-electron chi connectivity index (χ0n) is 19.4. The molecular weight excluding hydrogens is 433 g/mol. The first-order valence-corrected chi connectivity index (χ1v) is 11.1. The Morgan fingerprint density at radius 3 is 2.36 bits per heavy atom. The minimum Gasteiger partial charge on any atom is -0.444 e. The van der Waals surface area contributed by atoms with E-state index >= 15 is 0 Å². The summed E-state index contributed by atoms with van der Waals surface area (Å²) in [7, 11) is 0. The van der Waals surface area contributed by atoms with Gasteiger partial charge in [0.2, 0.25) is 0 Å². The van der Waals surface area contributed by atoms with Crippen molar-refractivity contribution in [3.63, 3.8) is 0 Å². The summed E-state index contributed by atoms with van der Waals surface area (Å²) in [5, 5.41) is 1.35. The van der Waals surface area contributed by atoms with Gasteiger partial charge in [0.1, 0.15) is 5.60 Å². The van der Waals surface area contributed by atoms with Crippen molar-refractivity contribution < 1.29 is 22.7 Å². The van der Waals surface area contributed by atoms with E-state index in [0.29, 0.717) is 44.7 Å². The SMILES string of the molecule is Cc1ccc2c3ccnc(C(F)(F)F)c3n(CCN3CCN(C(=O)OC(C)(C)C)CC3)c2c1. The molecule has 0 radical (unpaired) electrons. The van der Waals surface area contributed by atoms with E-state index in [0.717, 1.165) is 16.5 Å². The fraction of sp³-hybridized carbons (Fsp3) is 0.500. The minimum atomic E-state index is -4.54. The van der Waals surface area contributed by atoms with Crippen LogP contribution in [0.2, 0.25) is 0 Å². The second-order valence-corrected chi connectivity index (χ2v) is 9.53. The summed E-state index contributed by atoms with van der Waals surface area (Å²) >= 11 is 0. The van der Waals surface area contributed by atoms with Crippen molar-refractivity contribution in [2.24, 2.45) is 0 Å². The van der Waals surface area contributed by atoms with Gasteiger partial charge in [0.25, 0.3) is 0 Å². The molecule has 0 unspecified atom stereocenters. The Hall–Kier alpha value is -2.81. The number of carbonyl (C=O) groups is 1. The first-order valence-electron chi connectivity index (χ1n) is 11.1. The molecule has 1 fully saturated rings. The van der Waals surface area contributed by atoms with Gasteiger partial charge in [-0.25, -0.2) is 9.78 Å². The molecule has 1 saturated heterocycles. The third-order valence-corrected chi connectivity index (χ3v) is 5.86. The van der Waals surface area contributed by atoms with Gasteiger partial charge in [-0.05, 0) is 45.4 Å². The number of ether oxygens (including phenoxy) is 1. The number of rotatable bonds is 3. The van der Waals surface area contributed by atoms with Gasteiger partial charge in [-0.1, -0.05) is 12.1 Å². The molecule has 33 heavy (non-hydrogen) atoms. The van der Waals surface area contributed by atoms with E-state index in [2.05, 4.69) is 9.88 Å². The molecule has 3 aromatic rings. The van der Waals surface area contributed by atoms with Gasteiger partial charge in [0.15, 0.2) is 5.69 Å². The number of piperazine rings is 1. The molecule has 1 aliphatic rings. The molecule has 6 nitrogen and oxygen atoms in total. The predicted octanol–water partition coefficient (Wildman–Crippen LogP) is 5.07. The number of aromatic nitrogens is 2. The van der Waals surface area contributed by atoms with Gasteiger partial charge in [0.05, 0.1) is 5.52 Å². The molecule has 2 aromatic heterocycles. The number of pyridine rings is 1. The number of hydrogen-bond acceptors (Lipinski definition) is 4. The number of alkyl halides is 3. The van der Waals surface area contributed by atoms with Gasteiger partial charge in [-0.3, -0.25) is 4.90 Å². The smallest absolute Gasteiger partial charge is 0.435 e. The highest BCUT2D eigenvalue weighted by Gasteiger charge is 2.36. The first kappa shape index (κ1) is 23.4. The van der Waals surface area contributed by atoms with Crippen LogP contribution in [0.5, 0.6) is 0 Å². The van der Waals surface area contributed by atoms with Crippen LogP contribution in [0.1, 0.15) is 32.0 Å². The molecule has 0 aliphatic carbocycles. The van der Waals surface area contributed by atoms with E-state index in [-0.39, 0.29) is 11.6 Å². The van der Waals surface area contributed by atoms with Crippen LogP contribution in [-0.4, -0.2) is 63.8 Å². The Labute approximate surface area is 190 Å². The fourth-order valence-electron chi connectivity index (χ4n) is 4.32. The highest BCUT2D eigenvalue weighted by Crippen LogP contribution is 2.38. The van der Waals surface area contributed by atoms with E-state index in [1.165, 1.54) is 6.20 Å². The topological polar surface area (TPSA) is 50.6 Å². The van der Waals surface area contributed by atoms with E-state index in [1.54, 1.807) is 15.5 Å². The number of hydrogen-bond donors (Lipinski definition) is 0. The zero-order valence-corrected chi connectivity index (χ0v) is 19.4. The van der Waals surface area contributed by atoms with Gasteiger partial charge < -0.3 is 14.2 Å². The average Bonchev–Trinajstić information content (AvgIpc) is 3.03. The Kier molecular flexibility index (Phi) is 6.03. The van der Waals surface area contributed by atoms with E-state index in [4.69, 9.17) is 4.74 Å². The quantitative estimate of drug-likeness (QED) is 0.545. The lowest BCUT2D eigenvalue weighted by atomic mass is 10.1. The first-order chi connectivity index (χ1) is 15.4. The number of amides is 1. The monoisotopic (exact) mass is 462 g/mol. The predicted molar refractivity (Wildman–Crippen MR) is 121 cm³/mol. The van der Waals surface area contributed by atoms with Crippen LogP contribution in [0, 0.1) is 6.92 Å². The van der Waals surface area contributed by atoms with Gasteiger partial charge in [0, 0.05) is 61.8 Å². The molecule has 4 rings (SSSR count). The molecule has 0 N–H and O–H groups in total. The van der Waals surface area contributed by atoms with Crippen molar-refractivity contribution >= 4 is 27.9 Å². The third kappa shape index (κ3) is 4.93. The standard InChI is InChI=1S/C24H29F3N4O2/c1-16-5-6-17-18-7-8-28-21(24(25,26)27)20(18)31(19(17)15-16)14-11-29-9-12-30(13-10-29)22(32)33-23(2,3)4/h5-8,15H,9-14H2,1-4H3. The number of aryl methyl sites for hydroxylation is 1. The second-order valence-electron chi connectivity index (χ2n) is 9.53. The van der Waals surface area contributed by atoms with E-state index in [1.807, 2.05) is 45.9 Å². The molecule has 0 saturated carbocycles. The largest absolute Gasteiger partial charge is 0.444 e. The van der Waals surface area contributed by atoms with Gasteiger partial charge in [-0.2, -0.15) is 13.2 Å². The van der Waals surface area contributed by atoms with Crippen LogP contribution in [0.25, 0.3) is 21.8 Å². The van der Waals surface area contributed by atoms with Crippen molar-refractivity contribution in [2.75, 3.05) is 32.7 Å². The summed E-state index contributed by atoms with van der Waals surface area (Å²) < 4.78 is 48.6. The zero-order chi connectivity index (χ0) is 24.0. The average molecular weight is 463 g/mol. The molecule has 9 heteroatoms. The van der Waals surface area contributed by atoms with E-state index < -0.39 is 17.5 Å². The molecule has 0 bridgehead atoms. The van der Waals surface area contributed by atoms with Crippen molar-refractivity contribution in [2.45, 2.75) is 46.0 Å². The molecule has 1 amide bonds. The molecule has 0 spiro atoms. The number of nitrogens with zero attached hydrogens (tertiary/aromatic N) is 4. The lowest BCUT2D eigenvalue weighted by molar-refractivity contribution is -0.140. The lowest BCUT2D eigenvalue weighted by Gasteiger charge is -2.35. The molecule has 3 heterocycles. The highest BCUT2D eigenvalue weighted by atomic mass is 19.4. The van der Waals surface area contributed by atoms with Crippen LogP contribution >= 0.6 is 0 Å². The van der Waals surface area contributed by atoms with Crippen molar-refractivity contribution in [1.29, 1.82) is 0 Å². The van der Waals surface area contributed by atoms with Crippen LogP contribution in [-0.2, 0) is 17.5 Å². The number of benzene rings is 1. The van der Waals surface area contributed by atoms with Gasteiger partial charge >= 0.3 is 12.3 Å². The summed E-state index contributed by atoms with van der Waals surface area (Å²) in [6, 6.07) is 7.37. The Morgan fingerprint density at radius 1 is 1.03 bits per heavy atom. The summed E-state index contributed by atoms with van der Waals surface area (Å²) in [5.74, 6) is 0. The summed E-state index contributed by atoms with van der Waals surface area (Å²) in [5.41, 5.74) is 0.476. The van der Waals surface area contributed by atoms with Crippen LogP contribution in [0.3, 0.4) is 0 Å². The van der Waals surface area contributed by atoms with Crippen LogP contribution < -0.4 is 0 Å². The Balaban J connectivity index is 1.57. The van der Waals surface area contributed by atoms with Crippen LogP contribution in [0.4, 0.5) is 18.0 Å². The molecule has 1 aromatic carbocycles. The van der Waals surface area contributed by atoms with Crippen molar-refractivity contribution in [3.05, 3.63) is 41.7 Å². The number of halogens is 3. The normalized spacial score (nSPS) is 16.0. The molecular formula is C24H29F3N4O2.